The topological polar surface area (TPSA) is 71.9 Å². The number of carboxylic acids is 1. The van der Waals surface area contributed by atoms with Gasteiger partial charge in [-0.25, -0.2) is 4.79 Å². The highest BCUT2D eigenvalue weighted by atomic mass is 16.5. The predicted molar refractivity (Wildman–Crippen MR) is 89.4 cm³/mol. The lowest BCUT2D eigenvalue weighted by Crippen LogP contribution is -2.38. The van der Waals surface area contributed by atoms with E-state index in [9.17, 15) is 9.90 Å². The van der Waals surface area contributed by atoms with E-state index in [2.05, 4.69) is 9.88 Å². The molecule has 1 N–H and O–H groups in total. The number of carboxylic acid groups (broad SMARTS) is 1. The standard InChI is InChI=1S/C18H20N2O4/c21-18(22)16-4-5-19-13-17(16)14-2-1-3-15(12-14)24-11-8-20-6-9-23-10-7-20/h1-5,12-13H,6-11H2,(H,21,22). The van der Waals surface area contributed by atoms with E-state index in [0.29, 0.717) is 12.2 Å². The third-order valence-electron chi connectivity index (χ3n) is 3.98. The Bertz CT molecular complexity index is 699. The second-order valence-corrected chi connectivity index (χ2v) is 5.56. The summed E-state index contributed by atoms with van der Waals surface area (Å²) >= 11 is 0. The molecule has 0 spiro atoms. The number of benzene rings is 1. The van der Waals surface area contributed by atoms with E-state index in [1.165, 1.54) is 12.3 Å². The van der Waals surface area contributed by atoms with Gasteiger partial charge in [-0.3, -0.25) is 9.88 Å². The second kappa shape index (κ2) is 7.90. The van der Waals surface area contributed by atoms with Crippen LogP contribution in [0, 0.1) is 0 Å². The fourth-order valence-electron chi connectivity index (χ4n) is 2.68. The summed E-state index contributed by atoms with van der Waals surface area (Å²) in [5, 5.41) is 9.31. The van der Waals surface area contributed by atoms with Crippen molar-refractivity contribution in [2.45, 2.75) is 0 Å². The lowest BCUT2D eigenvalue weighted by Gasteiger charge is -2.26. The van der Waals surface area contributed by atoms with Crippen LogP contribution in [-0.2, 0) is 4.74 Å². The molecule has 0 aliphatic carbocycles. The summed E-state index contributed by atoms with van der Waals surface area (Å²) in [5.74, 6) is -0.244. The van der Waals surface area contributed by atoms with E-state index in [-0.39, 0.29) is 5.56 Å². The van der Waals surface area contributed by atoms with Crippen molar-refractivity contribution in [1.82, 2.24) is 9.88 Å². The molecule has 1 saturated heterocycles. The van der Waals surface area contributed by atoms with Crippen LogP contribution < -0.4 is 4.74 Å². The Morgan fingerprint density at radius 3 is 2.92 bits per heavy atom. The van der Waals surface area contributed by atoms with Gasteiger partial charge in [-0.15, -0.1) is 0 Å². The summed E-state index contributed by atoms with van der Waals surface area (Å²) in [7, 11) is 0. The van der Waals surface area contributed by atoms with Crippen LogP contribution in [0.15, 0.2) is 42.7 Å². The zero-order chi connectivity index (χ0) is 16.8. The molecule has 2 aromatic rings. The van der Waals surface area contributed by atoms with Gasteiger partial charge in [-0.05, 0) is 23.8 Å². The molecule has 0 amide bonds. The number of pyridine rings is 1. The van der Waals surface area contributed by atoms with Crippen LogP contribution in [-0.4, -0.2) is 60.4 Å². The third kappa shape index (κ3) is 4.10. The largest absolute Gasteiger partial charge is 0.492 e. The van der Waals surface area contributed by atoms with E-state index in [1.807, 2.05) is 24.3 Å². The zero-order valence-electron chi connectivity index (χ0n) is 13.4. The summed E-state index contributed by atoms with van der Waals surface area (Å²) in [6.45, 7) is 4.84. The van der Waals surface area contributed by atoms with Crippen LogP contribution in [0.3, 0.4) is 0 Å². The molecular weight excluding hydrogens is 308 g/mol. The Morgan fingerprint density at radius 2 is 2.12 bits per heavy atom. The number of carbonyl (C=O) groups is 1. The number of nitrogens with zero attached hydrogens (tertiary/aromatic N) is 2. The molecule has 3 rings (SSSR count). The summed E-state index contributed by atoms with van der Waals surface area (Å²) in [6, 6.07) is 8.95. The van der Waals surface area contributed by atoms with Gasteiger partial charge in [0, 0.05) is 37.6 Å². The van der Waals surface area contributed by atoms with Crippen molar-refractivity contribution >= 4 is 5.97 Å². The van der Waals surface area contributed by atoms with Crippen LogP contribution in [0.5, 0.6) is 5.75 Å². The van der Waals surface area contributed by atoms with E-state index in [0.717, 1.165) is 44.2 Å². The third-order valence-corrected chi connectivity index (χ3v) is 3.98. The first-order valence-corrected chi connectivity index (χ1v) is 7.95. The average Bonchev–Trinajstić information content (AvgIpc) is 2.63. The quantitative estimate of drug-likeness (QED) is 0.876. The van der Waals surface area contributed by atoms with Crippen LogP contribution in [0.4, 0.5) is 0 Å². The molecule has 1 aromatic carbocycles. The molecule has 24 heavy (non-hydrogen) atoms. The van der Waals surface area contributed by atoms with Gasteiger partial charge < -0.3 is 14.6 Å². The number of hydrogen-bond acceptors (Lipinski definition) is 5. The number of aromatic nitrogens is 1. The molecule has 1 fully saturated rings. The van der Waals surface area contributed by atoms with Crippen LogP contribution in [0.1, 0.15) is 10.4 Å². The Kier molecular flexibility index (Phi) is 5.40. The molecule has 126 valence electrons. The highest BCUT2D eigenvalue weighted by Crippen LogP contribution is 2.26. The Hall–Kier alpha value is -2.44. The second-order valence-electron chi connectivity index (χ2n) is 5.56. The van der Waals surface area contributed by atoms with Crippen molar-refractivity contribution in [3.8, 4) is 16.9 Å². The minimum Gasteiger partial charge on any atom is -0.492 e. The smallest absolute Gasteiger partial charge is 0.336 e. The number of aromatic carboxylic acids is 1. The SMILES string of the molecule is O=C(O)c1ccncc1-c1cccc(OCCN2CCOCC2)c1. The van der Waals surface area contributed by atoms with Crippen LogP contribution in [0.25, 0.3) is 11.1 Å². The van der Waals surface area contributed by atoms with Crippen molar-refractivity contribution in [2.24, 2.45) is 0 Å². The Labute approximate surface area is 140 Å². The monoisotopic (exact) mass is 328 g/mol. The minimum atomic E-state index is -0.967. The van der Waals surface area contributed by atoms with E-state index >= 15 is 0 Å². The number of hydrogen-bond donors (Lipinski definition) is 1. The summed E-state index contributed by atoms with van der Waals surface area (Å²) in [6.07, 6.45) is 3.05. The normalized spacial score (nSPS) is 15.2. The van der Waals surface area contributed by atoms with E-state index in [4.69, 9.17) is 9.47 Å². The number of rotatable bonds is 6. The van der Waals surface area contributed by atoms with Crippen molar-refractivity contribution in [2.75, 3.05) is 39.5 Å². The molecule has 0 saturated carbocycles. The molecule has 1 aromatic heterocycles. The van der Waals surface area contributed by atoms with Crippen molar-refractivity contribution in [1.29, 1.82) is 0 Å². The molecule has 0 unspecified atom stereocenters. The van der Waals surface area contributed by atoms with Gasteiger partial charge in [0.15, 0.2) is 0 Å². The predicted octanol–water partition coefficient (Wildman–Crippen LogP) is 2.16. The lowest BCUT2D eigenvalue weighted by molar-refractivity contribution is 0.0322. The van der Waals surface area contributed by atoms with Crippen molar-refractivity contribution in [3.63, 3.8) is 0 Å². The van der Waals surface area contributed by atoms with Crippen LogP contribution in [0.2, 0.25) is 0 Å². The molecule has 0 bridgehead atoms. The number of ether oxygens (including phenoxy) is 2. The van der Waals surface area contributed by atoms with E-state index in [1.54, 1.807) is 6.20 Å². The van der Waals surface area contributed by atoms with Gasteiger partial charge in [-0.1, -0.05) is 12.1 Å². The van der Waals surface area contributed by atoms with Crippen molar-refractivity contribution in [3.05, 3.63) is 48.3 Å². The first-order chi connectivity index (χ1) is 11.7. The van der Waals surface area contributed by atoms with Gasteiger partial charge in [-0.2, -0.15) is 0 Å². The maximum absolute atomic E-state index is 11.4. The average molecular weight is 328 g/mol. The Balaban J connectivity index is 1.67. The summed E-state index contributed by atoms with van der Waals surface area (Å²) in [4.78, 5) is 17.7. The Morgan fingerprint density at radius 1 is 1.29 bits per heavy atom. The van der Waals surface area contributed by atoms with Gasteiger partial charge in [0.2, 0.25) is 0 Å². The molecule has 0 atom stereocenters. The van der Waals surface area contributed by atoms with Crippen molar-refractivity contribution < 1.29 is 19.4 Å². The van der Waals surface area contributed by atoms with Gasteiger partial charge in [0.25, 0.3) is 0 Å². The van der Waals surface area contributed by atoms with E-state index < -0.39 is 5.97 Å². The maximum atomic E-state index is 11.4. The molecule has 6 nitrogen and oxygen atoms in total. The molecule has 0 radical (unpaired) electrons. The summed E-state index contributed by atoms with van der Waals surface area (Å²) in [5.41, 5.74) is 1.60. The van der Waals surface area contributed by atoms with Crippen LogP contribution >= 0.6 is 0 Å². The molecular formula is C18H20N2O4. The highest BCUT2D eigenvalue weighted by molar-refractivity contribution is 5.95. The zero-order valence-corrected chi connectivity index (χ0v) is 13.4. The van der Waals surface area contributed by atoms with Gasteiger partial charge in [0.1, 0.15) is 12.4 Å². The first-order valence-electron chi connectivity index (χ1n) is 7.95. The maximum Gasteiger partial charge on any atom is 0.336 e. The number of morpholine rings is 1. The fourth-order valence-corrected chi connectivity index (χ4v) is 2.68. The fraction of sp³-hybridized carbons (Fsp3) is 0.333. The van der Waals surface area contributed by atoms with Gasteiger partial charge >= 0.3 is 5.97 Å². The lowest BCUT2D eigenvalue weighted by atomic mass is 10.0. The molecule has 6 heteroatoms. The van der Waals surface area contributed by atoms with Gasteiger partial charge in [0.05, 0.1) is 18.8 Å². The molecule has 1 aliphatic heterocycles. The summed E-state index contributed by atoms with van der Waals surface area (Å²) < 4.78 is 11.1. The molecule has 1 aliphatic rings. The molecule has 2 heterocycles. The minimum absolute atomic E-state index is 0.232. The highest BCUT2D eigenvalue weighted by Gasteiger charge is 2.13. The first kappa shape index (κ1) is 16.4.